The summed E-state index contributed by atoms with van der Waals surface area (Å²) in [6, 6.07) is 0. The van der Waals surface area contributed by atoms with Gasteiger partial charge in [-0.25, -0.2) is 0 Å². The summed E-state index contributed by atoms with van der Waals surface area (Å²) < 4.78 is 16.1. The summed E-state index contributed by atoms with van der Waals surface area (Å²) in [5.41, 5.74) is 0. The van der Waals surface area contributed by atoms with Gasteiger partial charge in [0.1, 0.15) is 0 Å². The first-order valence-corrected chi connectivity index (χ1v) is 7.69. The Balaban J connectivity index is 2.17. The molecule has 1 fully saturated rings. The van der Waals surface area contributed by atoms with Gasteiger partial charge in [0.15, 0.2) is 6.29 Å². The quantitative estimate of drug-likeness (QED) is 0.372. The summed E-state index contributed by atoms with van der Waals surface area (Å²) in [5.74, 6) is 0.444. The topological polar surface area (TPSA) is 44.8 Å². The fourth-order valence-corrected chi connectivity index (χ4v) is 2.42. The van der Waals surface area contributed by atoms with Gasteiger partial charge in [0.2, 0.25) is 0 Å². The van der Waals surface area contributed by atoms with Crippen LogP contribution in [0, 0.1) is 0 Å². The summed E-state index contributed by atoms with van der Waals surface area (Å²) in [6.45, 7) is 0.792. The number of carbonyl (C=O) groups is 1. The van der Waals surface area contributed by atoms with E-state index in [1.165, 1.54) is 13.5 Å². The third-order valence-electron chi connectivity index (χ3n) is 3.30. The molecule has 0 aromatic heterocycles. The molecule has 0 aromatic rings. The molecule has 112 valence electrons. The van der Waals surface area contributed by atoms with Gasteiger partial charge in [-0.05, 0) is 38.5 Å². The molecule has 0 aliphatic carbocycles. The molecule has 2 atom stereocenters. The molecule has 0 unspecified atom stereocenters. The van der Waals surface area contributed by atoms with Crippen molar-refractivity contribution in [1.82, 2.24) is 0 Å². The highest BCUT2D eigenvalue weighted by atomic mass is 35.5. The van der Waals surface area contributed by atoms with E-state index in [1.807, 2.05) is 0 Å². The van der Waals surface area contributed by atoms with Crippen LogP contribution in [0.5, 0.6) is 0 Å². The number of carbonyl (C=O) groups excluding carboxylic acids is 1. The Kier molecular flexibility index (Phi) is 9.22. The molecule has 0 spiro atoms. The molecule has 0 bridgehead atoms. The van der Waals surface area contributed by atoms with Gasteiger partial charge in [-0.1, -0.05) is 6.42 Å². The van der Waals surface area contributed by atoms with Crippen LogP contribution in [0.15, 0.2) is 0 Å². The SMILES string of the molecule is COC(=O)CCCC[C@H](CCCl)O[C@H]1CCCCO1. The minimum Gasteiger partial charge on any atom is -0.469 e. The van der Waals surface area contributed by atoms with Gasteiger partial charge in [0, 0.05) is 18.9 Å². The second-order valence-electron chi connectivity index (χ2n) is 4.85. The maximum Gasteiger partial charge on any atom is 0.305 e. The number of rotatable bonds is 9. The van der Waals surface area contributed by atoms with Gasteiger partial charge in [-0.3, -0.25) is 4.79 Å². The van der Waals surface area contributed by atoms with Gasteiger partial charge in [-0.2, -0.15) is 0 Å². The maximum atomic E-state index is 11.0. The van der Waals surface area contributed by atoms with Crippen LogP contribution in [0.2, 0.25) is 0 Å². The van der Waals surface area contributed by atoms with Crippen LogP contribution in [0.1, 0.15) is 51.4 Å². The monoisotopic (exact) mass is 292 g/mol. The lowest BCUT2D eigenvalue weighted by Crippen LogP contribution is -2.28. The fourth-order valence-electron chi connectivity index (χ4n) is 2.18. The lowest BCUT2D eigenvalue weighted by atomic mass is 10.1. The predicted molar refractivity (Wildman–Crippen MR) is 74.3 cm³/mol. The third kappa shape index (κ3) is 7.75. The van der Waals surface area contributed by atoms with E-state index in [0.717, 1.165) is 45.1 Å². The van der Waals surface area contributed by atoms with Gasteiger partial charge in [-0.15, -0.1) is 11.6 Å². The average molecular weight is 293 g/mol. The van der Waals surface area contributed by atoms with Crippen molar-refractivity contribution >= 4 is 17.6 Å². The molecule has 1 aliphatic heterocycles. The summed E-state index contributed by atoms with van der Waals surface area (Å²) >= 11 is 5.80. The van der Waals surface area contributed by atoms with Crippen LogP contribution in [0.3, 0.4) is 0 Å². The lowest BCUT2D eigenvalue weighted by molar-refractivity contribution is -0.189. The van der Waals surface area contributed by atoms with Crippen LogP contribution in [-0.4, -0.2) is 38.0 Å². The number of methoxy groups -OCH3 is 1. The highest BCUT2D eigenvalue weighted by Crippen LogP contribution is 2.20. The van der Waals surface area contributed by atoms with Crippen molar-refractivity contribution in [3.63, 3.8) is 0 Å². The molecule has 0 amide bonds. The standard InChI is InChI=1S/C14H25ClO4/c1-17-13(16)7-3-2-6-12(9-10-15)19-14-8-4-5-11-18-14/h12,14H,2-11H2,1H3/t12-,14+/m1/s1. The Morgan fingerprint density at radius 2 is 2.21 bits per heavy atom. The van der Waals surface area contributed by atoms with Crippen molar-refractivity contribution in [3.05, 3.63) is 0 Å². The normalized spacial score (nSPS) is 21.1. The number of alkyl halides is 1. The van der Waals surface area contributed by atoms with E-state index in [0.29, 0.717) is 12.3 Å². The Bertz CT molecular complexity index is 242. The van der Waals surface area contributed by atoms with E-state index in [-0.39, 0.29) is 18.4 Å². The number of esters is 1. The van der Waals surface area contributed by atoms with Gasteiger partial charge in [0.25, 0.3) is 0 Å². The number of halogens is 1. The minimum atomic E-state index is -0.148. The van der Waals surface area contributed by atoms with Gasteiger partial charge < -0.3 is 14.2 Å². The average Bonchev–Trinajstić information content (AvgIpc) is 2.44. The number of ether oxygens (including phenoxy) is 3. The highest BCUT2D eigenvalue weighted by molar-refractivity contribution is 6.17. The first-order valence-electron chi connectivity index (χ1n) is 7.16. The molecule has 19 heavy (non-hydrogen) atoms. The molecule has 0 saturated carbocycles. The van der Waals surface area contributed by atoms with Gasteiger partial charge in [0.05, 0.1) is 13.2 Å². The van der Waals surface area contributed by atoms with E-state index in [1.54, 1.807) is 0 Å². The molecule has 0 aromatic carbocycles. The third-order valence-corrected chi connectivity index (χ3v) is 3.52. The Labute approximate surface area is 120 Å². The zero-order valence-electron chi connectivity index (χ0n) is 11.7. The zero-order chi connectivity index (χ0) is 13.9. The van der Waals surface area contributed by atoms with Crippen LogP contribution >= 0.6 is 11.6 Å². The van der Waals surface area contributed by atoms with E-state index < -0.39 is 0 Å². The molecular formula is C14H25ClO4. The zero-order valence-corrected chi connectivity index (χ0v) is 12.5. The van der Waals surface area contributed by atoms with Gasteiger partial charge >= 0.3 is 5.97 Å². The van der Waals surface area contributed by atoms with Crippen molar-refractivity contribution in [2.75, 3.05) is 19.6 Å². The number of unbranched alkanes of at least 4 members (excludes halogenated alkanes) is 1. The summed E-state index contributed by atoms with van der Waals surface area (Å²) in [7, 11) is 1.42. The lowest BCUT2D eigenvalue weighted by Gasteiger charge is -2.27. The molecule has 5 heteroatoms. The summed E-state index contributed by atoms with van der Waals surface area (Å²) in [4.78, 5) is 11.0. The Morgan fingerprint density at radius 3 is 2.84 bits per heavy atom. The Hall–Kier alpha value is -0.320. The second-order valence-corrected chi connectivity index (χ2v) is 5.23. The molecule has 1 rings (SSSR count). The molecule has 0 N–H and O–H groups in total. The van der Waals surface area contributed by atoms with E-state index in [9.17, 15) is 4.79 Å². The molecular weight excluding hydrogens is 268 g/mol. The number of hydrogen-bond acceptors (Lipinski definition) is 4. The first-order chi connectivity index (χ1) is 9.26. The summed E-state index contributed by atoms with van der Waals surface area (Å²) in [5, 5.41) is 0. The van der Waals surface area contributed by atoms with E-state index >= 15 is 0 Å². The van der Waals surface area contributed by atoms with Crippen LogP contribution in [-0.2, 0) is 19.0 Å². The van der Waals surface area contributed by atoms with E-state index in [2.05, 4.69) is 4.74 Å². The van der Waals surface area contributed by atoms with Crippen molar-refractivity contribution in [1.29, 1.82) is 0 Å². The maximum absolute atomic E-state index is 11.0. The predicted octanol–water partition coefficient (Wildman–Crippen LogP) is 3.26. The number of hydrogen-bond donors (Lipinski definition) is 0. The summed E-state index contributed by atoms with van der Waals surface area (Å²) in [6.07, 6.45) is 7.35. The van der Waals surface area contributed by atoms with Crippen molar-refractivity contribution < 1.29 is 19.0 Å². The molecule has 1 heterocycles. The smallest absolute Gasteiger partial charge is 0.305 e. The molecule has 0 radical (unpaired) electrons. The molecule has 1 aliphatic rings. The highest BCUT2D eigenvalue weighted by Gasteiger charge is 2.19. The largest absolute Gasteiger partial charge is 0.469 e. The van der Waals surface area contributed by atoms with Crippen molar-refractivity contribution in [3.8, 4) is 0 Å². The molecule has 4 nitrogen and oxygen atoms in total. The Morgan fingerprint density at radius 1 is 1.37 bits per heavy atom. The fraction of sp³-hybridized carbons (Fsp3) is 0.929. The molecule has 1 saturated heterocycles. The minimum absolute atomic E-state index is 0.0671. The van der Waals surface area contributed by atoms with Crippen LogP contribution in [0.4, 0.5) is 0 Å². The van der Waals surface area contributed by atoms with Crippen LogP contribution in [0.25, 0.3) is 0 Å². The first kappa shape index (κ1) is 16.7. The van der Waals surface area contributed by atoms with E-state index in [4.69, 9.17) is 21.1 Å². The van der Waals surface area contributed by atoms with Crippen molar-refractivity contribution in [2.24, 2.45) is 0 Å². The second kappa shape index (κ2) is 10.5. The van der Waals surface area contributed by atoms with Crippen molar-refractivity contribution in [2.45, 2.75) is 63.8 Å². The van der Waals surface area contributed by atoms with Crippen LogP contribution < -0.4 is 0 Å².